The molecule has 36 heavy (non-hydrogen) atoms. The number of anilines is 2. The standard InChI is InChI=1S/C27H29FN4O3S/c1-35-19-10-20-22(30-14-19)6-3-7-23(20)32-27(34)17-5-2-4-16(8-17)12-29-13-18-9-24-25(11-21(18)28)36-15-26(33)31-24/h3,6-7,9-11,14,16-17,29H,2,4-5,8,12-13,15H2,1H3,(H,31,33)(H,32,34). The van der Waals surface area contributed by atoms with Gasteiger partial charge in [-0.25, -0.2) is 4.39 Å². The topological polar surface area (TPSA) is 92.3 Å². The number of rotatable bonds is 7. The lowest BCUT2D eigenvalue weighted by atomic mass is 9.81. The number of hydrogen-bond donors (Lipinski definition) is 3. The van der Waals surface area contributed by atoms with Crippen LogP contribution in [0.3, 0.4) is 0 Å². The van der Waals surface area contributed by atoms with Gasteiger partial charge in [0.05, 0.1) is 36.0 Å². The summed E-state index contributed by atoms with van der Waals surface area (Å²) >= 11 is 1.35. The van der Waals surface area contributed by atoms with E-state index in [9.17, 15) is 14.0 Å². The number of carbonyl (C=O) groups is 2. The summed E-state index contributed by atoms with van der Waals surface area (Å²) in [5.74, 6) is 0.891. The molecule has 5 rings (SSSR count). The zero-order chi connectivity index (χ0) is 25.1. The first-order valence-corrected chi connectivity index (χ1v) is 13.2. The third kappa shape index (κ3) is 5.47. The first kappa shape index (κ1) is 24.5. The van der Waals surface area contributed by atoms with E-state index in [1.165, 1.54) is 17.8 Å². The summed E-state index contributed by atoms with van der Waals surface area (Å²) in [6.07, 6.45) is 5.31. The summed E-state index contributed by atoms with van der Waals surface area (Å²) in [5.41, 5.74) is 2.73. The summed E-state index contributed by atoms with van der Waals surface area (Å²) < 4.78 is 19.8. The second-order valence-electron chi connectivity index (χ2n) is 9.37. The highest BCUT2D eigenvalue weighted by molar-refractivity contribution is 8.00. The van der Waals surface area contributed by atoms with Crippen LogP contribution < -0.4 is 20.7 Å². The molecule has 1 fully saturated rings. The van der Waals surface area contributed by atoms with Gasteiger partial charge in [-0.05, 0) is 62.1 Å². The maximum absolute atomic E-state index is 14.5. The Morgan fingerprint density at radius 2 is 2.17 bits per heavy atom. The number of benzene rings is 2. The molecule has 2 amide bonds. The van der Waals surface area contributed by atoms with E-state index in [0.717, 1.165) is 47.2 Å². The molecule has 0 spiro atoms. The lowest BCUT2D eigenvalue weighted by Crippen LogP contribution is -2.32. The van der Waals surface area contributed by atoms with Gasteiger partial charge in [0.1, 0.15) is 11.6 Å². The minimum atomic E-state index is -0.271. The predicted molar refractivity (Wildman–Crippen MR) is 140 cm³/mol. The molecule has 188 valence electrons. The molecule has 1 saturated carbocycles. The van der Waals surface area contributed by atoms with Crippen molar-refractivity contribution in [3.05, 3.63) is 54.0 Å². The molecule has 2 aliphatic rings. The molecule has 0 saturated heterocycles. The van der Waals surface area contributed by atoms with Gasteiger partial charge in [0, 0.05) is 28.3 Å². The van der Waals surface area contributed by atoms with Crippen LogP contribution in [0, 0.1) is 17.7 Å². The molecule has 1 aromatic heterocycles. The average Bonchev–Trinajstić information content (AvgIpc) is 2.89. The third-order valence-electron chi connectivity index (χ3n) is 6.88. The van der Waals surface area contributed by atoms with Crippen LogP contribution in [-0.4, -0.2) is 36.2 Å². The number of amides is 2. The van der Waals surface area contributed by atoms with Crippen molar-refractivity contribution in [2.24, 2.45) is 11.8 Å². The lowest BCUT2D eigenvalue weighted by Gasteiger charge is -2.29. The van der Waals surface area contributed by atoms with Crippen LogP contribution in [-0.2, 0) is 16.1 Å². The Balaban J connectivity index is 1.18. The van der Waals surface area contributed by atoms with Crippen LogP contribution in [0.5, 0.6) is 5.75 Å². The number of aromatic nitrogens is 1. The summed E-state index contributed by atoms with van der Waals surface area (Å²) in [5, 5.41) is 10.1. The van der Waals surface area contributed by atoms with Gasteiger partial charge in [-0.15, -0.1) is 11.8 Å². The molecule has 2 atom stereocenters. The summed E-state index contributed by atoms with van der Waals surface area (Å²) in [6, 6.07) is 10.8. The fourth-order valence-electron chi connectivity index (χ4n) is 4.99. The number of thioether (sulfide) groups is 1. The van der Waals surface area contributed by atoms with Crippen LogP contribution in [0.2, 0.25) is 0 Å². The van der Waals surface area contributed by atoms with E-state index in [4.69, 9.17) is 4.74 Å². The Bertz CT molecular complexity index is 1300. The molecular formula is C27H29FN4O3S. The van der Waals surface area contributed by atoms with E-state index in [2.05, 4.69) is 20.9 Å². The maximum Gasteiger partial charge on any atom is 0.234 e. The molecule has 2 heterocycles. The Morgan fingerprint density at radius 3 is 3.03 bits per heavy atom. The molecule has 2 aromatic carbocycles. The zero-order valence-corrected chi connectivity index (χ0v) is 20.9. The Kier molecular flexibility index (Phi) is 7.38. The van der Waals surface area contributed by atoms with Crippen molar-refractivity contribution in [2.45, 2.75) is 37.1 Å². The molecule has 0 radical (unpaired) electrons. The molecule has 3 aromatic rings. The molecule has 0 bridgehead atoms. The highest BCUT2D eigenvalue weighted by atomic mass is 32.2. The van der Waals surface area contributed by atoms with E-state index in [-0.39, 0.29) is 23.5 Å². The van der Waals surface area contributed by atoms with E-state index in [0.29, 0.717) is 41.8 Å². The number of nitrogens with one attached hydrogen (secondary N) is 3. The number of carbonyl (C=O) groups excluding carboxylic acids is 2. The molecule has 7 nitrogen and oxygen atoms in total. The molecule has 2 unspecified atom stereocenters. The number of hydrogen-bond acceptors (Lipinski definition) is 6. The first-order valence-electron chi connectivity index (χ1n) is 12.2. The van der Waals surface area contributed by atoms with Crippen LogP contribution >= 0.6 is 11.8 Å². The molecule has 3 N–H and O–H groups in total. The largest absolute Gasteiger partial charge is 0.495 e. The smallest absolute Gasteiger partial charge is 0.234 e. The van der Waals surface area contributed by atoms with Crippen molar-refractivity contribution in [1.29, 1.82) is 0 Å². The highest BCUT2D eigenvalue weighted by Gasteiger charge is 2.27. The number of ether oxygens (including phenoxy) is 1. The molecular weight excluding hydrogens is 479 g/mol. The van der Waals surface area contributed by atoms with Crippen LogP contribution in [0.25, 0.3) is 10.9 Å². The SMILES string of the molecule is COc1cnc2cccc(NC(=O)C3CCCC(CNCc4cc5c(cc4F)SCC(=O)N5)C3)c2c1. The second-order valence-corrected chi connectivity index (χ2v) is 10.4. The average molecular weight is 509 g/mol. The van der Waals surface area contributed by atoms with E-state index >= 15 is 0 Å². The van der Waals surface area contributed by atoms with Gasteiger partial charge in [-0.2, -0.15) is 0 Å². The van der Waals surface area contributed by atoms with Crippen molar-refractivity contribution in [1.82, 2.24) is 10.3 Å². The van der Waals surface area contributed by atoms with E-state index in [1.54, 1.807) is 19.4 Å². The van der Waals surface area contributed by atoms with Crippen LogP contribution in [0.4, 0.5) is 15.8 Å². The normalized spacial score (nSPS) is 19.4. The van der Waals surface area contributed by atoms with Gasteiger partial charge in [0.25, 0.3) is 0 Å². The lowest BCUT2D eigenvalue weighted by molar-refractivity contribution is -0.121. The van der Waals surface area contributed by atoms with E-state index < -0.39 is 0 Å². The molecule has 1 aliphatic heterocycles. The predicted octanol–water partition coefficient (Wildman–Crippen LogP) is 4.96. The van der Waals surface area contributed by atoms with Crippen molar-refractivity contribution in [2.75, 3.05) is 30.0 Å². The highest BCUT2D eigenvalue weighted by Crippen LogP contribution is 2.34. The minimum Gasteiger partial charge on any atom is -0.495 e. The van der Waals surface area contributed by atoms with Gasteiger partial charge in [-0.1, -0.05) is 12.5 Å². The number of pyridine rings is 1. The summed E-state index contributed by atoms with van der Waals surface area (Å²) in [6.45, 7) is 1.08. The maximum atomic E-state index is 14.5. The Labute approximate surface area is 213 Å². The monoisotopic (exact) mass is 508 g/mol. The van der Waals surface area contributed by atoms with Gasteiger partial charge in [0.2, 0.25) is 11.8 Å². The van der Waals surface area contributed by atoms with Crippen molar-refractivity contribution in [3.63, 3.8) is 0 Å². The molecule has 1 aliphatic carbocycles. The van der Waals surface area contributed by atoms with E-state index in [1.807, 2.05) is 24.3 Å². The van der Waals surface area contributed by atoms with Crippen molar-refractivity contribution < 1.29 is 18.7 Å². The van der Waals surface area contributed by atoms with Gasteiger partial charge in [0.15, 0.2) is 0 Å². The Morgan fingerprint density at radius 1 is 1.28 bits per heavy atom. The van der Waals surface area contributed by atoms with Gasteiger partial charge < -0.3 is 20.7 Å². The van der Waals surface area contributed by atoms with Crippen molar-refractivity contribution in [3.8, 4) is 5.75 Å². The number of halogens is 1. The quantitative estimate of drug-likeness (QED) is 0.418. The zero-order valence-electron chi connectivity index (χ0n) is 20.1. The minimum absolute atomic E-state index is 0.0176. The summed E-state index contributed by atoms with van der Waals surface area (Å²) in [4.78, 5) is 30.0. The number of nitrogens with zero attached hydrogens (tertiary/aromatic N) is 1. The Hall–Kier alpha value is -3.17. The van der Waals surface area contributed by atoms with Crippen LogP contribution in [0.15, 0.2) is 47.5 Å². The summed E-state index contributed by atoms with van der Waals surface area (Å²) in [7, 11) is 1.59. The first-order chi connectivity index (χ1) is 17.5. The number of methoxy groups -OCH3 is 1. The number of fused-ring (bicyclic) bond motifs is 2. The fourth-order valence-corrected chi connectivity index (χ4v) is 5.80. The second kappa shape index (κ2) is 10.8. The van der Waals surface area contributed by atoms with Crippen LogP contribution in [0.1, 0.15) is 31.2 Å². The van der Waals surface area contributed by atoms with Gasteiger partial charge in [-0.3, -0.25) is 14.6 Å². The van der Waals surface area contributed by atoms with Crippen molar-refractivity contribution >= 4 is 45.9 Å². The third-order valence-corrected chi connectivity index (χ3v) is 7.93. The van der Waals surface area contributed by atoms with Gasteiger partial charge >= 0.3 is 0 Å². The molecule has 9 heteroatoms. The fraction of sp³-hybridized carbons (Fsp3) is 0.370.